The highest BCUT2D eigenvalue weighted by molar-refractivity contribution is 7.09. The lowest BCUT2D eigenvalue weighted by Gasteiger charge is -2.14. The highest BCUT2D eigenvalue weighted by Gasteiger charge is 2.19. The Labute approximate surface area is 116 Å². The van der Waals surface area contributed by atoms with Crippen LogP contribution >= 0.6 is 11.3 Å². The maximum Gasteiger partial charge on any atom is 0.204 e. The van der Waals surface area contributed by atoms with Gasteiger partial charge in [0.25, 0.3) is 0 Å². The fourth-order valence-electron chi connectivity index (χ4n) is 1.60. The number of thiazole rings is 1. The third kappa shape index (κ3) is 3.30. The molecule has 0 amide bonds. The summed E-state index contributed by atoms with van der Waals surface area (Å²) in [6.45, 7) is 6.62. The van der Waals surface area contributed by atoms with Crippen molar-refractivity contribution >= 4 is 17.1 Å². The maximum atomic E-state index is 12.0. The lowest BCUT2D eigenvalue weighted by Crippen LogP contribution is -2.12. The van der Waals surface area contributed by atoms with Crippen LogP contribution in [-0.2, 0) is 18.4 Å². The Bertz CT molecular complexity index is 578. The molecule has 2 rings (SSSR count). The molecular weight excluding hydrogens is 260 g/mol. The second-order valence-electron chi connectivity index (χ2n) is 5.45. The molecule has 0 aliphatic carbocycles. The Balaban J connectivity index is 2.09. The van der Waals surface area contributed by atoms with Crippen LogP contribution in [0.2, 0.25) is 0 Å². The molecule has 0 atom stereocenters. The van der Waals surface area contributed by atoms with Crippen molar-refractivity contribution in [2.75, 3.05) is 0 Å². The fourth-order valence-corrected chi connectivity index (χ4v) is 2.62. The van der Waals surface area contributed by atoms with Gasteiger partial charge in [-0.15, -0.1) is 11.3 Å². The summed E-state index contributed by atoms with van der Waals surface area (Å²) in [6, 6.07) is 3.40. The van der Waals surface area contributed by atoms with Gasteiger partial charge in [0.1, 0.15) is 10.8 Å². The van der Waals surface area contributed by atoms with Gasteiger partial charge >= 0.3 is 0 Å². The van der Waals surface area contributed by atoms with Crippen LogP contribution in [-0.4, -0.2) is 10.8 Å². The van der Waals surface area contributed by atoms with Gasteiger partial charge in [0, 0.05) is 10.8 Å². The van der Waals surface area contributed by atoms with Crippen LogP contribution in [0.1, 0.15) is 47.8 Å². The van der Waals surface area contributed by atoms with Crippen molar-refractivity contribution in [3.63, 3.8) is 0 Å². The number of rotatable bonds is 4. The van der Waals surface area contributed by atoms with E-state index in [0.29, 0.717) is 18.1 Å². The molecule has 0 fully saturated rings. The first-order valence-electron chi connectivity index (χ1n) is 6.17. The fraction of sp³-hybridized carbons (Fsp3) is 0.429. The van der Waals surface area contributed by atoms with Crippen molar-refractivity contribution in [1.29, 1.82) is 0 Å². The molecule has 0 unspecified atom stereocenters. The van der Waals surface area contributed by atoms with Crippen molar-refractivity contribution in [1.82, 2.24) is 4.98 Å². The van der Waals surface area contributed by atoms with Gasteiger partial charge in [-0.3, -0.25) is 4.79 Å². The number of carbonyl (C=O) groups excluding carboxylic acids is 1. The van der Waals surface area contributed by atoms with Crippen LogP contribution in [0.15, 0.2) is 21.9 Å². The summed E-state index contributed by atoms with van der Waals surface area (Å²) in [5.41, 5.74) is 6.48. The molecule has 4 nitrogen and oxygen atoms in total. The Morgan fingerprint density at radius 3 is 2.68 bits per heavy atom. The normalized spacial score (nSPS) is 11.8. The monoisotopic (exact) mass is 278 g/mol. The largest absolute Gasteiger partial charge is 0.457 e. The Kier molecular flexibility index (Phi) is 3.87. The zero-order valence-electron chi connectivity index (χ0n) is 11.4. The third-order valence-electron chi connectivity index (χ3n) is 2.77. The minimum Gasteiger partial charge on any atom is -0.457 e. The minimum absolute atomic E-state index is 0.00913. The third-order valence-corrected chi connectivity index (χ3v) is 3.62. The molecule has 5 heteroatoms. The van der Waals surface area contributed by atoms with E-state index in [4.69, 9.17) is 10.2 Å². The van der Waals surface area contributed by atoms with Gasteiger partial charge in [0.05, 0.1) is 18.7 Å². The van der Waals surface area contributed by atoms with Crippen molar-refractivity contribution < 1.29 is 9.21 Å². The number of carbonyl (C=O) groups is 1. The van der Waals surface area contributed by atoms with E-state index >= 15 is 0 Å². The molecule has 2 aromatic rings. The van der Waals surface area contributed by atoms with Crippen molar-refractivity contribution in [3.8, 4) is 0 Å². The van der Waals surface area contributed by atoms with E-state index < -0.39 is 0 Å². The quantitative estimate of drug-likeness (QED) is 0.873. The molecule has 0 aliphatic rings. The summed E-state index contributed by atoms with van der Waals surface area (Å²) < 4.78 is 5.34. The second-order valence-corrected chi connectivity index (χ2v) is 6.39. The van der Waals surface area contributed by atoms with Crippen molar-refractivity contribution in [2.45, 2.75) is 39.2 Å². The smallest absolute Gasteiger partial charge is 0.204 e. The number of hydrogen-bond donors (Lipinski definition) is 1. The first-order valence-corrected chi connectivity index (χ1v) is 7.05. The number of nitrogens with two attached hydrogens (primary N) is 1. The molecule has 19 heavy (non-hydrogen) atoms. The highest BCUT2D eigenvalue weighted by Crippen LogP contribution is 2.24. The SMILES string of the molecule is CC(C)(C)c1csc(CC(=O)c2ccc(CN)o2)n1. The lowest BCUT2D eigenvalue weighted by atomic mass is 9.93. The Hall–Kier alpha value is -1.46. The van der Waals surface area contributed by atoms with Gasteiger partial charge in [-0.25, -0.2) is 4.98 Å². The number of ketones is 1. The summed E-state index contributed by atoms with van der Waals surface area (Å²) in [5.74, 6) is 0.917. The second kappa shape index (κ2) is 5.27. The zero-order valence-corrected chi connectivity index (χ0v) is 12.2. The van der Waals surface area contributed by atoms with Gasteiger partial charge in [0.2, 0.25) is 5.78 Å². The average Bonchev–Trinajstić information content (AvgIpc) is 2.95. The molecule has 0 saturated heterocycles. The van der Waals surface area contributed by atoms with Crippen LogP contribution in [0, 0.1) is 0 Å². The summed E-state index contributed by atoms with van der Waals surface area (Å²) in [7, 11) is 0. The van der Waals surface area contributed by atoms with E-state index in [1.165, 1.54) is 11.3 Å². The van der Waals surface area contributed by atoms with Gasteiger partial charge in [-0.05, 0) is 12.1 Å². The Morgan fingerprint density at radius 2 is 2.16 bits per heavy atom. The first-order chi connectivity index (χ1) is 8.90. The molecule has 2 N–H and O–H groups in total. The molecule has 0 spiro atoms. The molecule has 0 aliphatic heterocycles. The van der Waals surface area contributed by atoms with Gasteiger partial charge in [-0.1, -0.05) is 20.8 Å². The van der Waals surface area contributed by atoms with Crippen molar-refractivity contribution in [3.05, 3.63) is 39.7 Å². The number of nitrogens with zero attached hydrogens (tertiary/aromatic N) is 1. The number of aromatic nitrogens is 1. The van der Waals surface area contributed by atoms with E-state index in [1.54, 1.807) is 12.1 Å². The van der Waals surface area contributed by atoms with Crippen LogP contribution in [0.25, 0.3) is 0 Å². The first kappa shape index (κ1) is 14.0. The summed E-state index contributed by atoms with van der Waals surface area (Å²) >= 11 is 1.51. The molecule has 2 heterocycles. The van der Waals surface area contributed by atoms with E-state index in [9.17, 15) is 4.79 Å². The minimum atomic E-state index is -0.0606. The van der Waals surface area contributed by atoms with Crippen LogP contribution in [0.3, 0.4) is 0 Å². The van der Waals surface area contributed by atoms with E-state index in [-0.39, 0.29) is 17.6 Å². The van der Waals surface area contributed by atoms with Gasteiger partial charge in [-0.2, -0.15) is 0 Å². The number of furan rings is 1. The van der Waals surface area contributed by atoms with Gasteiger partial charge < -0.3 is 10.2 Å². The van der Waals surface area contributed by atoms with E-state index in [1.807, 2.05) is 5.38 Å². The zero-order chi connectivity index (χ0) is 14.0. The van der Waals surface area contributed by atoms with E-state index in [0.717, 1.165) is 10.7 Å². The highest BCUT2D eigenvalue weighted by atomic mass is 32.1. The molecule has 0 aromatic carbocycles. The number of hydrogen-bond acceptors (Lipinski definition) is 5. The Morgan fingerprint density at radius 1 is 1.42 bits per heavy atom. The summed E-state index contributed by atoms with van der Waals surface area (Å²) in [4.78, 5) is 16.5. The topological polar surface area (TPSA) is 69.1 Å². The molecule has 0 bridgehead atoms. The molecule has 0 saturated carbocycles. The van der Waals surface area contributed by atoms with Crippen LogP contribution in [0.5, 0.6) is 0 Å². The molecule has 102 valence electrons. The molecule has 2 aromatic heterocycles. The molecular formula is C14H18N2O2S. The standard InChI is InChI=1S/C14H18N2O2S/c1-14(2,3)12-8-19-13(16-12)6-10(17)11-5-4-9(7-15)18-11/h4-5,8H,6-7,15H2,1-3H3. The lowest BCUT2D eigenvalue weighted by molar-refractivity contribution is 0.0964. The van der Waals surface area contributed by atoms with Crippen molar-refractivity contribution in [2.24, 2.45) is 5.73 Å². The summed E-state index contributed by atoms with van der Waals surface area (Å²) in [5, 5.41) is 2.83. The predicted octanol–water partition coefficient (Wildman–Crippen LogP) is 2.92. The van der Waals surface area contributed by atoms with Gasteiger partial charge in [0.15, 0.2) is 5.76 Å². The maximum absolute atomic E-state index is 12.0. The van der Waals surface area contributed by atoms with E-state index in [2.05, 4.69) is 25.8 Å². The predicted molar refractivity (Wildman–Crippen MR) is 75.4 cm³/mol. The molecule has 0 radical (unpaired) electrons. The number of Topliss-reactive ketones (excluding diaryl/α,β-unsaturated/α-hetero) is 1. The van der Waals surface area contributed by atoms with Crippen LogP contribution in [0.4, 0.5) is 0 Å². The van der Waals surface area contributed by atoms with Crippen LogP contribution < -0.4 is 5.73 Å². The summed E-state index contributed by atoms with van der Waals surface area (Å²) in [6.07, 6.45) is 0.276. The average molecular weight is 278 g/mol.